The van der Waals surface area contributed by atoms with Crippen molar-refractivity contribution in [3.05, 3.63) is 0 Å². The second kappa shape index (κ2) is 33.7. The van der Waals surface area contributed by atoms with Crippen molar-refractivity contribution >= 4 is 7.82 Å². The molecule has 8 atom stereocenters. The van der Waals surface area contributed by atoms with Crippen LogP contribution in [-0.4, -0.2) is 71.3 Å². The molecule has 7 nitrogen and oxygen atoms in total. The molecule has 0 aromatic carbocycles. The molecule has 0 radical (unpaired) electrons. The Bertz CT molecular complexity index is 926. The first-order chi connectivity index (χ1) is 26.3. The van der Waals surface area contributed by atoms with E-state index in [2.05, 4.69) is 69.2 Å². The van der Waals surface area contributed by atoms with Crippen LogP contribution in [0.25, 0.3) is 0 Å². The molecule has 0 heterocycles. The maximum Gasteiger partial charge on any atom is 0.268 e. The molecular formula is C48H100NO6P. The minimum atomic E-state index is -4.42. The Morgan fingerprint density at radius 2 is 0.786 bits per heavy atom. The lowest BCUT2D eigenvalue weighted by Crippen LogP contribution is -2.37. The van der Waals surface area contributed by atoms with Crippen molar-refractivity contribution in [2.45, 2.75) is 204 Å². The van der Waals surface area contributed by atoms with Crippen LogP contribution in [0, 0.1) is 47.3 Å². The lowest BCUT2D eigenvalue weighted by molar-refractivity contribution is -0.870. The number of rotatable bonds is 40. The third-order valence-electron chi connectivity index (χ3n) is 12.0. The molecule has 8 heteroatoms. The predicted molar refractivity (Wildman–Crippen MR) is 240 cm³/mol. The lowest BCUT2D eigenvalue weighted by atomic mass is 9.91. The van der Waals surface area contributed by atoms with E-state index in [0.29, 0.717) is 42.7 Å². The van der Waals surface area contributed by atoms with Crippen molar-refractivity contribution in [2.24, 2.45) is 47.3 Å². The molecule has 0 N–H and O–H groups in total. The van der Waals surface area contributed by atoms with Crippen molar-refractivity contribution in [1.29, 1.82) is 0 Å². The molecule has 0 fully saturated rings. The molecule has 7 unspecified atom stereocenters. The van der Waals surface area contributed by atoms with Gasteiger partial charge >= 0.3 is 0 Å². The molecule has 0 aromatic heterocycles. The van der Waals surface area contributed by atoms with Crippen LogP contribution in [0.3, 0.4) is 0 Å². The minimum absolute atomic E-state index is 0.0858. The van der Waals surface area contributed by atoms with E-state index in [1.54, 1.807) is 0 Å². The molecule has 338 valence electrons. The van der Waals surface area contributed by atoms with Gasteiger partial charge in [0.15, 0.2) is 0 Å². The summed E-state index contributed by atoms with van der Waals surface area (Å²) >= 11 is 0. The van der Waals surface area contributed by atoms with Gasteiger partial charge in [-0.2, -0.15) is 0 Å². The molecule has 0 amide bonds. The molecule has 0 aliphatic heterocycles. The van der Waals surface area contributed by atoms with Gasteiger partial charge in [0.05, 0.1) is 34.4 Å². The fraction of sp³-hybridized carbons (Fsp3) is 1.00. The number of quaternary nitrogens is 1. The SMILES string of the molecule is CC(C)CCCC(C)CCCC(C)CCCC(C)CCOC[C@H](COP(=O)([O-])OCC[N+](C)(C)C)OCCC(C)CCCC(C)CCCC(C)CCCC(C)C. The highest BCUT2D eigenvalue weighted by molar-refractivity contribution is 7.45. The Hall–Kier alpha value is -0.0100. The molecule has 0 saturated carbocycles. The van der Waals surface area contributed by atoms with E-state index in [1.807, 2.05) is 21.1 Å². The van der Waals surface area contributed by atoms with Gasteiger partial charge in [-0.3, -0.25) is 4.57 Å². The van der Waals surface area contributed by atoms with Crippen molar-refractivity contribution in [1.82, 2.24) is 0 Å². The summed E-state index contributed by atoms with van der Waals surface area (Å²) in [4.78, 5) is 12.5. The molecule has 0 bridgehead atoms. The Balaban J connectivity index is 4.55. The van der Waals surface area contributed by atoms with E-state index in [9.17, 15) is 9.46 Å². The van der Waals surface area contributed by atoms with Gasteiger partial charge in [-0.1, -0.05) is 185 Å². The van der Waals surface area contributed by atoms with Crippen molar-refractivity contribution in [3.63, 3.8) is 0 Å². The summed E-state index contributed by atoms with van der Waals surface area (Å²) in [5.41, 5.74) is 0. The molecule has 56 heavy (non-hydrogen) atoms. The molecule has 0 saturated heterocycles. The standard InChI is InChI=1S/C48H100NO6P/c1-40(2)20-14-22-42(5)24-16-26-44(7)28-18-30-46(9)32-35-52-38-48(39-55-56(50,51)54-37-34-49(11,12)13)53-36-33-47(10)31-19-29-45(8)27-17-25-43(6)23-15-21-41(3)4/h40-48H,14-39H2,1-13H3/t42?,43?,44?,45?,46?,47?,48-/m1/s1. The number of nitrogens with zero attached hydrogens (tertiary/aromatic N) is 1. The number of ether oxygens (including phenoxy) is 2. The topological polar surface area (TPSA) is 77.1 Å². The van der Waals surface area contributed by atoms with Crippen LogP contribution in [0.1, 0.15) is 198 Å². The van der Waals surface area contributed by atoms with Crippen LogP contribution >= 0.6 is 7.82 Å². The van der Waals surface area contributed by atoms with E-state index in [0.717, 1.165) is 48.3 Å². The van der Waals surface area contributed by atoms with Gasteiger partial charge in [0.1, 0.15) is 19.3 Å². The number of likely N-dealkylation sites (N-methyl/N-ethyl adjacent to an activating group) is 1. The van der Waals surface area contributed by atoms with E-state index in [4.69, 9.17) is 18.5 Å². The van der Waals surface area contributed by atoms with E-state index in [-0.39, 0.29) is 13.2 Å². The Kier molecular flexibility index (Phi) is 33.7. The summed E-state index contributed by atoms with van der Waals surface area (Å²) in [5.74, 6) is 6.10. The fourth-order valence-electron chi connectivity index (χ4n) is 7.59. The van der Waals surface area contributed by atoms with E-state index < -0.39 is 13.9 Å². The first-order valence-electron chi connectivity index (χ1n) is 23.9. The van der Waals surface area contributed by atoms with Crippen LogP contribution in [0.5, 0.6) is 0 Å². The normalized spacial score (nSPS) is 17.5. The second-order valence-corrected chi connectivity index (χ2v) is 22.2. The highest BCUT2D eigenvalue weighted by atomic mass is 31.2. The highest BCUT2D eigenvalue weighted by Crippen LogP contribution is 2.38. The summed E-state index contributed by atoms with van der Waals surface area (Å²) in [6, 6.07) is 0. The average Bonchev–Trinajstić information content (AvgIpc) is 3.07. The predicted octanol–water partition coefficient (Wildman–Crippen LogP) is 13.5. The van der Waals surface area contributed by atoms with Gasteiger partial charge in [0.25, 0.3) is 7.82 Å². The van der Waals surface area contributed by atoms with Gasteiger partial charge in [0, 0.05) is 13.2 Å². The first kappa shape index (κ1) is 56.0. The van der Waals surface area contributed by atoms with Gasteiger partial charge in [-0.15, -0.1) is 0 Å². The quantitative estimate of drug-likeness (QED) is 0.0348. The summed E-state index contributed by atoms with van der Waals surface area (Å²) in [5, 5.41) is 0. The van der Waals surface area contributed by atoms with Crippen molar-refractivity contribution in [3.8, 4) is 0 Å². The summed E-state index contributed by atoms with van der Waals surface area (Å²) in [6.07, 6.45) is 25.4. The molecule has 0 spiro atoms. The summed E-state index contributed by atoms with van der Waals surface area (Å²) < 4.78 is 35.9. The Morgan fingerprint density at radius 3 is 1.14 bits per heavy atom. The van der Waals surface area contributed by atoms with E-state index >= 15 is 0 Å². The van der Waals surface area contributed by atoms with E-state index in [1.165, 1.54) is 116 Å². The zero-order chi connectivity index (χ0) is 42.4. The van der Waals surface area contributed by atoms with Crippen molar-refractivity contribution in [2.75, 3.05) is 60.7 Å². The number of phosphoric ester groups is 1. The van der Waals surface area contributed by atoms with Crippen LogP contribution in [0.4, 0.5) is 0 Å². The fourth-order valence-corrected chi connectivity index (χ4v) is 8.32. The van der Waals surface area contributed by atoms with Crippen molar-refractivity contribution < 1.29 is 32.5 Å². The number of phosphoric acid groups is 1. The molecule has 0 rings (SSSR count). The van der Waals surface area contributed by atoms with Gasteiger partial charge in [0.2, 0.25) is 0 Å². The maximum absolute atomic E-state index is 12.5. The van der Waals surface area contributed by atoms with Gasteiger partial charge in [-0.05, 0) is 60.2 Å². The molecule has 0 aromatic rings. The average molecular weight is 818 g/mol. The smallest absolute Gasteiger partial charge is 0.268 e. The van der Waals surface area contributed by atoms with Crippen LogP contribution < -0.4 is 4.89 Å². The third-order valence-corrected chi connectivity index (χ3v) is 12.9. The zero-order valence-electron chi connectivity index (χ0n) is 39.9. The Labute approximate surface area is 351 Å². The lowest BCUT2D eigenvalue weighted by Gasteiger charge is -2.28. The number of hydrogen-bond donors (Lipinski definition) is 0. The summed E-state index contributed by atoms with van der Waals surface area (Å²) in [7, 11) is 1.58. The maximum atomic E-state index is 12.5. The monoisotopic (exact) mass is 818 g/mol. The van der Waals surface area contributed by atoms with Crippen LogP contribution in [-0.2, 0) is 23.1 Å². The largest absolute Gasteiger partial charge is 0.756 e. The van der Waals surface area contributed by atoms with Gasteiger partial charge < -0.3 is 27.9 Å². The van der Waals surface area contributed by atoms with Crippen LogP contribution in [0.15, 0.2) is 0 Å². The van der Waals surface area contributed by atoms with Gasteiger partial charge in [-0.25, -0.2) is 0 Å². The zero-order valence-corrected chi connectivity index (χ0v) is 40.8. The third kappa shape index (κ3) is 38.2. The van der Waals surface area contributed by atoms with Crippen LogP contribution in [0.2, 0.25) is 0 Å². The minimum Gasteiger partial charge on any atom is -0.756 e. The Morgan fingerprint density at radius 1 is 0.446 bits per heavy atom. The number of hydrogen-bond acceptors (Lipinski definition) is 6. The highest BCUT2D eigenvalue weighted by Gasteiger charge is 2.19. The first-order valence-corrected chi connectivity index (χ1v) is 25.3. The molecule has 0 aliphatic carbocycles. The molecular weight excluding hydrogens is 718 g/mol. The molecule has 0 aliphatic rings. The second-order valence-electron chi connectivity index (χ2n) is 20.7. The summed E-state index contributed by atoms with van der Waals surface area (Å²) in [6.45, 7) is 25.8.